The van der Waals surface area contributed by atoms with Gasteiger partial charge < -0.3 is 5.32 Å². The van der Waals surface area contributed by atoms with Gasteiger partial charge in [-0.1, -0.05) is 30.3 Å². The second-order valence-corrected chi connectivity index (χ2v) is 4.50. The molecular weight excluding hydrogens is 258 g/mol. The van der Waals surface area contributed by atoms with Crippen molar-refractivity contribution in [2.75, 3.05) is 6.54 Å². The maximum Gasteiger partial charge on any atom is 0.325 e. The molecular formula is C13H13N5O2. The predicted molar refractivity (Wildman–Crippen MR) is 69.6 cm³/mol. The summed E-state index contributed by atoms with van der Waals surface area (Å²) in [6.45, 7) is 0.163. The fourth-order valence-corrected chi connectivity index (χ4v) is 2.03. The van der Waals surface area contributed by atoms with Gasteiger partial charge in [0.25, 0.3) is 0 Å². The number of carbonyl (C=O) groups is 2. The molecule has 102 valence electrons. The Bertz CT molecular complexity index is 621. The van der Waals surface area contributed by atoms with Crippen molar-refractivity contribution in [3.63, 3.8) is 0 Å². The fourth-order valence-electron chi connectivity index (χ4n) is 2.03. The zero-order valence-electron chi connectivity index (χ0n) is 10.7. The van der Waals surface area contributed by atoms with Crippen LogP contribution in [0, 0.1) is 0 Å². The highest BCUT2D eigenvalue weighted by Gasteiger charge is 2.29. The molecule has 7 heteroatoms. The van der Waals surface area contributed by atoms with Crippen molar-refractivity contribution in [3.8, 4) is 0 Å². The number of nitrogens with one attached hydrogen (secondary N) is 2. The third-order valence-electron chi connectivity index (χ3n) is 3.03. The average Bonchev–Trinajstić information content (AvgIpc) is 3.02. The molecule has 0 bridgehead atoms. The van der Waals surface area contributed by atoms with Crippen LogP contribution in [0.3, 0.4) is 0 Å². The van der Waals surface area contributed by atoms with Gasteiger partial charge in [0.2, 0.25) is 5.91 Å². The summed E-state index contributed by atoms with van der Waals surface area (Å²) >= 11 is 0. The summed E-state index contributed by atoms with van der Waals surface area (Å²) in [6.07, 6.45) is 0.609. The van der Waals surface area contributed by atoms with Crippen LogP contribution in [0.4, 0.5) is 4.79 Å². The summed E-state index contributed by atoms with van der Waals surface area (Å²) in [5.74, 6) is 0.885. The number of hydrogen-bond acceptors (Lipinski definition) is 4. The lowest BCUT2D eigenvalue weighted by Crippen LogP contribution is -2.30. The third-order valence-corrected chi connectivity index (χ3v) is 3.03. The van der Waals surface area contributed by atoms with Gasteiger partial charge in [-0.3, -0.25) is 14.8 Å². The predicted octanol–water partition coefficient (Wildman–Crippen LogP) is 0.447. The van der Waals surface area contributed by atoms with E-state index in [9.17, 15) is 9.59 Å². The van der Waals surface area contributed by atoms with Gasteiger partial charge in [0.1, 0.15) is 5.82 Å². The second kappa shape index (κ2) is 5.12. The van der Waals surface area contributed by atoms with Crippen LogP contribution in [0.15, 0.2) is 30.3 Å². The van der Waals surface area contributed by atoms with Gasteiger partial charge in [0.15, 0.2) is 5.82 Å². The lowest BCUT2D eigenvalue weighted by molar-refractivity contribution is -0.125. The number of nitrogens with zero attached hydrogens (tertiary/aromatic N) is 3. The van der Waals surface area contributed by atoms with Gasteiger partial charge in [-0.05, 0) is 5.56 Å². The highest BCUT2D eigenvalue weighted by Crippen LogP contribution is 2.08. The molecule has 0 spiro atoms. The van der Waals surface area contributed by atoms with Gasteiger partial charge in [-0.2, -0.15) is 5.10 Å². The molecule has 0 radical (unpaired) electrons. The van der Waals surface area contributed by atoms with E-state index in [2.05, 4.69) is 20.5 Å². The van der Waals surface area contributed by atoms with Gasteiger partial charge in [0.05, 0.1) is 13.1 Å². The number of aromatic nitrogens is 3. The fraction of sp³-hybridized carbons (Fsp3) is 0.231. The molecule has 1 aliphatic heterocycles. The first kappa shape index (κ1) is 12.3. The van der Waals surface area contributed by atoms with Crippen molar-refractivity contribution in [1.82, 2.24) is 25.4 Å². The Labute approximate surface area is 115 Å². The summed E-state index contributed by atoms with van der Waals surface area (Å²) in [4.78, 5) is 28.3. The van der Waals surface area contributed by atoms with Crippen molar-refractivity contribution >= 4 is 11.9 Å². The number of amides is 3. The molecule has 1 fully saturated rings. The minimum absolute atomic E-state index is 0.0455. The first-order valence-electron chi connectivity index (χ1n) is 6.24. The van der Waals surface area contributed by atoms with Gasteiger partial charge in [-0.25, -0.2) is 9.78 Å². The summed E-state index contributed by atoms with van der Waals surface area (Å²) < 4.78 is 0. The van der Waals surface area contributed by atoms with E-state index < -0.39 is 6.03 Å². The molecule has 2 aromatic rings. The van der Waals surface area contributed by atoms with E-state index in [4.69, 9.17) is 0 Å². The maximum atomic E-state index is 11.5. The van der Waals surface area contributed by atoms with E-state index in [1.807, 2.05) is 30.3 Å². The molecule has 1 saturated heterocycles. The van der Waals surface area contributed by atoms with Crippen LogP contribution < -0.4 is 5.32 Å². The Morgan fingerprint density at radius 2 is 2.00 bits per heavy atom. The molecule has 7 nitrogen and oxygen atoms in total. The number of aromatic amines is 1. The monoisotopic (exact) mass is 271 g/mol. The lowest BCUT2D eigenvalue weighted by atomic mass is 10.1. The summed E-state index contributed by atoms with van der Waals surface area (Å²) in [5.41, 5.74) is 1.10. The van der Waals surface area contributed by atoms with Crippen LogP contribution in [0.5, 0.6) is 0 Å². The van der Waals surface area contributed by atoms with E-state index >= 15 is 0 Å². The largest absolute Gasteiger partial charge is 0.329 e. The number of rotatable bonds is 4. The Balaban J connectivity index is 1.68. The molecule has 3 amide bonds. The SMILES string of the molecule is O=C1CNC(=O)N1Cc1nc(Cc2ccccc2)n[nH]1. The van der Waals surface area contributed by atoms with Gasteiger partial charge >= 0.3 is 6.03 Å². The Hall–Kier alpha value is -2.70. The molecule has 0 atom stereocenters. The molecule has 0 saturated carbocycles. The van der Waals surface area contributed by atoms with Crippen LogP contribution in [-0.2, 0) is 17.8 Å². The highest BCUT2D eigenvalue weighted by molar-refractivity contribution is 6.01. The molecule has 1 aliphatic rings. The Kier molecular flexibility index (Phi) is 3.16. The zero-order valence-corrected chi connectivity index (χ0v) is 10.7. The van der Waals surface area contributed by atoms with Gasteiger partial charge in [-0.15, -0.1) is 0 Å². The minimum atomic E-state index is -0.393. The van der Waals surface area contributed by atoms with Crippen molar-refractivity contribution in [2.45, 2.75) is 13.0 Å². The molecule has 2 heterocycles. The number of carbonyl (C=O) groups excluding carboxylic acids is 2. The van der Waals surface area contributed by atoms with Crippen molar-refractivity contribution in [3.05, 3.63) is 47.5 Å². The Morgan fingerprint density at radius 1 is 1.20 bits per heavy atom. The highest BCUT2D eigenvalue weighted by atomic mass is 16.2. The molecule has 0 unspecified atom stereocenters. The molecule has 3 rings (SSSR count). The van der Waals surface area contributed by atoms with Crippen molar-refractivity contribution in [2.24, 2.45) is 0 Å². The quantitative estimate of drug-likeness (QED) is 0.790. The normalized spacial score (nSPS) is 14.7. The number of H-pyrrole nitrogens is 1. The smallest absolute Gasteiger partial charge is 0.325 e. The van der Waals surface area contributed by atoms with Crippen molar-refractivity contribution in [1.29, 1.82) is 0 Å². The first-order valence-corrected chi connectivity index (χ1v) is 6.24. The summed E-state index contributed by atoms with van der Waals surface area (Å²) in [5, 5.41) is 9.32. The van der Waals surface area contributed by atoms with Crippen LogP contribution >= 0.6 is 0 Å². The number of benzene rings is 1. The van der Waals surface area contributed by atoms with E-state index in [0.29, 0.717) is 18.1 Å². The van der Waals surface area contributed by atoms with Crippen molar-refractivity contribution < 1.29 is 9.59 Å². The van der Waals surface area contributed by atoms with Crippen LogP contribution in [0.25, 0.3) is 0 Å². The standard InChI is InChI=1S/C13H13N5O2/c19-12-7-14-13(20)18(12)8-11-15-10(16-17-11)6-9-4-2-1-3-5-9/h1-5H,6-8H2,(H,14,20)(H,15,16,17). The molecule has 2 N–H and O–H groups in total. The second-order valence-electron chi connectivity index (χ2n) is 4.50. The molecule has 0 aliphatic carbocycles. The first-order chi connectivity index (χ1) is 9.72. The molecule has 20 heavy (non-hydrogen) atoms. The lowest BCUT2D eigenvalue weighted by Gasteiger charge is -2.08. The van der Waals surface area contributed by atoms with Crippen LogP contribution in [0.1, 0.15) is 17.2 Å². The maximum absolute atomic E-state index is 11.5. The molecule has 1 aromatic heterocycles. The van der Waals surface area contributed by atoms with Crippen LogP contribution in [-0.4, -0.2) is 38.6 Å². The van der Waals surface area contributed by atoms with Gasteiger partial charge in [0, 0.05) is 6.42 Å². The third kappa shape index (κ3) is 2.51. The van der Waals surface area contributed by atoms with E-state index in [1.165, 1.54) is 0 Å². The zero-order chi connectivity index (χ0) is 13.9. The topological polar surface area (TPSA) is 91.0 Å². The average molecular weight is 271 g/mol. The van der Waals surface area contributed by atoms with E-state index in [1.54, 1.807) is 0 Å². The molecule has 1 aromatic carbocycles. The number of hydrogen-bond donors (Lipinski definition) is 2. The Morgan fingerprint density at radius 3 is 2.70 bits per heavy atom. The summed E-state index contributed by atoms with van der Waals surface area (Å²) in [6, 6.07) is 9.45. The number of imide groups is 1. The van der Waals surface area contributed by atoms with Crippen LogP contribution in [0.2, 0.25) is 0 Å². The van der Waals surface area contributed by atoms with E-state index in [0.717, 1.165) is 10.5 Å². The minimum Gasteiger partial charge on any atom is -0.329 e. The number of urea groups is 1. The summed E-state index contributed by atoms with van der Waals surface area (Å²) in [7, 11) is 0. The van der Waals surface area contributed by atoms with E-state index in [-0.39, 0.29) is 19.0 Å².